The molecule has 2 heterocycles. The first-order valence-electron chi connectivity index (χ1n) is 8.92. The third kappa shape index (κ3) is 3.01. The van der Waals surface area contributed by atoms with Gasteiger partial charge in [-0.15, -0.1) is 0 Å². The van der Waals surface area contributed by atoms with Gasteiger partial charge in [-0.1, -0.05) is 0 Å². The second-order valence-corrected chi connectivity index (χ2v) is 6.80. The van der Waals surface area contributed by atoms with Crippen molar-refractivity contribution in [2.24, 2.45) is 0 Å². The third-order valence-electron chi connectivity index (χ3n) is 5.10. The minimum absolute atomic E-state index is 0.307. The monoisotopic (exact) mass is 347 g/mol. The molecular weight excluding hydrogens is 326 g/mol. The van der Waals surface area contributed by atoms with E-state index in [1.807, 2.05) is 30.6 Å². The van der Waals surface area contributed by atoms with Crippen molar-refractivity contribution in [3.05, 3.63) is 65.1 Å². The number of likely N-dealkylation sites (N-methyl/N-ethyl adjacent to an activating group) is 1. The highest BCUT2D eigenvalue weighted by Crippen LogP contribution is 2.36. The fourth-order valence-electron chi connectivity index (χ4n) is 3.76. The average Bonchev–Trinajstić information content (AvgIpc) is 3.12. The lowest BCUT2D eigenvalue weighted by molar-refractivity contribution is 0.0697. The summed E-state index contributed by atoms with van der Waals surface area (Å²) in [4.78, 5) is 22.5. The summed E-state index contributed by atoms with van der Waals surface area (Å²) >= 11 is 0. The first kappa shape index (κ1) is 16.5. The van der Waals surface area contributed by atoms with Gasteiger partial charge >= 0.3 is 5.97 Å². The molecule has 0 saturated carbocycles. The van der Waals surface area contributed by atoms with E-state index in [2.05, 4.69) is 16.9 Å². The highest BCUT2D eigenvalue weighted by atomic mass is 16.4. The fourth-order valence-corrected chi connectivity index (χ4v) is 3.76. The van der Waals surface area contributed by atoms with E-state index in [-0.39, 0.29) is 0 Å². The molecule has 0 bridgehead atoms. The van der Waals surface area contributed by atoms with Gasteiger partial charge in [0.05, 0.1) is 16.8 Å². The number of pyridine rings is 2. The van der Waals surface area contributed by atoms with Gasteiger partial charge in [0.2, 0.25) is 0 Å². The number of hydrogen-bond acceptors (Lipinski definition) is 4. The van der Waals surface area contributed by atoms with E-state index in [1.165, 1.54) is 11.1 Å². The number of carbonyl (C=O) groups is 1. The first-order chi connectivity index (χ1) is 12.6. The lowest BCUT2D eigenvalue weighted by Gasteiger charge is -2.24. The van der Waals surface area contributed by atoms with E-state index in [1.54, 1.807) is 12.1 Å². The van der Waals surface area contributed by atoms with Crippen LogP contribution in [-0.4, -0.2) is 34.6 Å². The molecule has 5 heteroatoms. The first-order valence-corrected chi connectivity index (χ1v) is 8.92. The molecule has 3 aromatic rings. The number of carboxylic acids is 1. The quantitative estimate of drug-likeness (QED) is 0.765. The van der Waals surface area contributed by atoms with Crippen LogP contribution >= 0.6 is 0 Å². The van der Waals surface area contributed by atoms with Crippen molar-refractivity contribution >= 4 is 22.6 Å². The van der Waals surface area contributed by atoms with Crippen LogP contribution in [0.15, 0.2) is 42.7 Å². The molecule has 0 radical (unpaired) electrons. The van der Waals surface area contributed by atoms with Crippen molar-refractivity contribution in [2.75, 3.05) is 18.5 Å². The van der Waals surface area contributed by atoms with Crippen molar-refractivity contribution < 1.29 is 9.90 Å². The standard InChI is InChI=1S/C21H21N3O2/c1-24(12-9-14-7-10-22-11-8-14)20-16-3-2-4-18(16)23-19-6-5-15(21(25)26)13-17(19)20/h5-8,10-11,13H,2-4,9,12H2,1H3,(H,25,26). The second-order valence-electron chi connectivity index (χ2n) is 6.80. The van der Waals surface area contributed by atoms with Crippen LogP contribution in [0.25, 0.3) is 10.9 Å². The summed E-state index contributed by atoms with van der Waals surface area (Å²) in [6, 6.07) is 9.30. The van der Waals surface area contributed by atoms with Crippen LogP contribution in [-0.2, 0) is 19.3 Å². The van der Waals surface area contributed by atoms with Crippen LogP contribution in [0.2, 0.25) is 0 Å². The molecule has 0 amide bonds. The predicted molar refractivity (Wildman–Crippen MR) is 102 cm³/mol. The van der Waals surface area contributed by atoms with Gasteiger partial charge < -0.3 is 10.0 Å². The van der Waals surface area contributed by atoms with E-state index >= 15 is 0 Å². The number of rotatable bonds is 5. The van der Waals surface area contributed by atoms with Crippen molar-refractivity contribution in [3.63, 3.8) is 0 Å². The molecule has 0 unspecified atom stereocenters. The second kappa shape index (κ2) is 6.75. The van der Waals surface area contributed by atoms with Gasteiger partial charge in [-0.25, -0.2) is 4.79 Å². The van der Waals surface area contributed by atoms with Gasteiger partial charge in [0.1, 0.15) is 0 Å². The zero-order valence-electron chi connectivity index (χ0n) is 14.8. The van der Waals surface area contributed by atoms with Crippen molar-refractivity contribution in [2.45, 2.75) is 25.7 Å². The Morgan fingerprint density at radius 3 is 2.77 bits per heavy atom. The number of fused-ring (bicyclic) bond motifs is 2. The van der Waals surface area contributed by atoms with E-state index in [9.17, 15) is 9.90 Å². The van der Waals surface area contributed by atoms with Crippen LogP contribution in [0.5, 0.6) is 0 Å². The van der Waals surface area contributed by atoms with E-state index in [0.717, 1.165) is 54.5 Å². The number of nitrogens with zero attached hydrogens (tertiary/aromatic N) is 3. The maximum atomic E-state index is 11.4. The van der Waals surface area contributed by atoms with Crippen molar-refractivity contribution in [1.82, 2.24) is 9.97 Å². The molecule has 132 valence electrons. The van der Waals surface area contributed by atoms with Gasteiger partial charge in [-0.05, 0) is 67.1 Å². The zero-order chi connectivity index (χ0) is 18.1. The molecule has 0 atom stereocenters. The number of aryl methyl sites for hydroxylation is 1. The maximum Gasteiger partial charge on any atom is 0.335 e. The van der Waals surface area contributed by atoms with Gasteiger partial charge in [0.25, 0.3) is 0 Å². The molecular formula is C21H21N3O2. The topological polar surface area (TPSA) is 66.3 Å². The lowest BCUT2D eigenvalue weighted by atomic mass is 10.0. The average molecular weight is 347 g/mol. The Hall–Kier alpha value is -2.95. The molecule has 2 aromatic heterocycles. The molecule has 26 heavy (non-hydrogen) atoms. The summed E-state index contributed by atoms with van der Waals surface area (Å²) in [6.45, 7) is 0.854. The van der Waals surface area contributed by atoms with Crippen molar-refractivity contribution in [1.29, 1.82) is 0 Å². The molecule has 1 aliphatic rings. The van der Waals surface area contributed by atoms with Crippen LogP contribution < -0.4 is 4.90 Å². The summed E-state index contributed by atoms with van der Waals surface area (Å²) in [6.07, 6.45) is 7.65. The summed E-state index contributed by atoms with van der Waals surface area (Å²) < 4.78 is 0. The summed E-state index contributed by atoms with van der Waals surface area (Å²) in [7, 11) is 2.09. The molecule has 1 N–H and O–H groups in total. The Bertz CT molecular complexity index is 970. The van der Waals surface area contributed by atoms with Crippen LogP contribution in [0.1, 0.15) is 33.6 Å². The number of hydrogen-bond donors (Lipinski definition) is 1. The Kier molecular flexibility index (Phi) is 4.29. The number of benzene rings is 1. The smallest absolute Gasteiger partial charge is 0.335 e. The Morgan fingerprint density at radius 1 is 1.19 bits per heavy atom. The SMILES string of the molecule is CN(CCc1ccncc1)c1c2c(nc3ccc(C(=O)O)cc13)CCC2. The molecule has 0 spiro atoms. The van der Waals surface area contributed by atoms with E-state index in [0.29, 0.717) is 5.56 Å². The number of aromatic carboxylic acids is 1. The highest BCUT2D eigenvalue weighted by Gasteiger charge is 2.22. The minimum atomic E-state index is -0.905. The predicted octanol–water partition coefficient (Wildman–Crippen LogP) is 3.50. The molecule has 4 rings (SSSR count). The largest absolute Gasteiger partial charge is 0.478 e. The Morgan fingerprint density at radius 2 is 2.00 bits per heavy atom. The molecule has 5 nitrogen and oxygen atoms in total. The zero-order valence-corrected chi connectivity index (χ0v) is 14.8. The fraction of sp³-hybridized carbons (Fsp3) is 0.286. The molecule has 0 saturated heterocycles. The molecule has 0 fully saturated rings. The summed E-state index contributed by atoms with van der Waals surface area (Å²) in [5.41, 5.74) is 6.00. The van der Waals surface area contributed by atoms with E-state index in [4.69, 9.17) is 4.98 Å². The van der Waals surface area contributed by atoms with Gasteiger partial charge in [-0.2, -0.15) is 0 Å². The number of carboxylic acid groups (broad SMARTS) is 1. The van der Waals surface area contributed by atoms with Gasteiger partial charge in [-0.3, -0.25) is 9.97 Å². The lowest BCUT2D eigenvalue weighted by Crippen LogP contribution is -2.22. The van der Waals surface area contributed by atoms with E-state index < -0.39 is 5.97 Å². The van der Waals surface area contributed by atoms with Crippen LogP contribution in [0, 0.1) is 0 Å². The molecule has 1 aliphatic carbocycles. The van der Waals surface area contributed by atoms with Gasteiger partial charge in [0, 0.05) is 37.1 Å². The number of aromatic nitrogens is 2. The minimum Gasteiger partial charge on any atom is -0.478 e. The van der Waals surface area contributed by atoms with Crippen LogP contribution in [0.3, 0.4) is 0 Å². The summed E-state index contributed by atoms with van der Waals surface area (Å²) in [5.74, 6) is -0.905. The maximum absolute atomic E-state index is 11.4. The third-order valence-corrected chi connectivity index (χ3v) is 5.10. The molecule has 1 aromatic carbocycles. The number of anilines is 1. The van der Waals surface area contributed by atoms with Crippen LogP contribution in [0.4, 0.5) is 5.69 Å². The normalized spacial score (nSPS) is 13.0. The summed E-state index contributed by atoms with van der Waals surface area (Å²) in [5, 5.41) is 10.3. The Balaban J connectivity index is 1.76. The highest BCUT2D eigenvalue weighted by molar-refractivity contribution is 5.99. The van der Waals surface area contributed by atoms with Crippen molar-refractivity contribution in [3.8, 4) is 0 Å². The molecule has 0 aliphatic heterocycles. The Labute approximate surface area is 152 Å². The van der Waals surface area contributed by atoms with Gasteiger partial charge in [0.15, 0.2) is 0 Å².